The Balaban J connectivity index is 1.87. The number of nitrogens with one attached hydrogen (secondary N) is 1. The molecule has 0 saturated heterocycles. The zero-order valence-corrected chi connectivity index (χ0v) is 12.3. The van der Waals surface area contributed by atoms with E-state index in [0.717, 1.165) is 24.7 Å². The maximum atomic E-state index is 5.99. The van der Waals surface area contributed by atoms with Crippen LogP contribution in [0.1, 0.15) is 44.6 Å². The van der Waals surface area contributed by atoms with Gasteiger partial charge in [-0.25, -0.2) is 0 Å². The van der Waals surface area contributed by atoms with E-state index < -0.39 is 0 Å². The summed E-state index contributed by atoms with van der Waals surface area (Å²) >= 11 is 0. The topological polar surface area (TPSA) is 21.3 Å². The van der Waals surface area contributed by atoms with Crippen LogP contribution in [0.3, 0.4) is 0 Å². The molecule has 1 unspecified atom stereocenters. The third kappa shape index (κ3) is 4.24. The molecule has 1 atom stereocenters. The second-order valence-corrected chi connectivity index (χ2v) is 5.61. The molecule has 1 aliphatic rings. The van der Waals surface area contributed by atoms with E-state index in [1.165, 1.54) is 37.7 Å². The van der Waals surface area contributed by atoms with E-state index in [9.17, 15) is 0 Å². The third-order valence-electron chi connectivity index (χ3n) is 4.33. The van der Waals surface area contributed by atoms with Crippen molar-refractivity contribution in [1.29, 1.82) is 0 Å². The standard InChI is InChI=1S/C17H27NO/c1-3-14-8-7-11-16(12-14)19-13-17(18-2)15-9-5-4-6-10-15/h7-8,11-12,15,17-18H,3-6,9-10,13H2,1-2H3. The van der Waals surface area contributed by atoms with E-state index in [0.29, 0.717) is 6.04 Å². The van der Waals surface area contributed by atoms with Gasteiger partial charge in [0.2, 0.25) is 0 Å². The lowest BCUT2D eigenvalue weighted by molar-refractivity contribution is 0.192. The molecule has 0 bridgehead atoms. The molecule has 2 nitrogen and oxygen atoms in total. The first-order valence-corrected chi connectivity index (χ1v) is 7.72. The van der Waals surface area contributed by atoms with Crippen LogP contribution in [0.15, 0.2) is 24.3 Å². The molecule has 0 heterocycles. The van der Waals surface area contributed by atoms with Crippen molar-refractivity contribution >= 4 is 0 Å². The predicted octanol–water partition coefficient (Wildman–Crippen LogP) is 3.80. The summed E-state index contributed by atoms with van der Waals surface area (Å²) in [6.45, 7) is 2.96. The Morgan fingerprint density at radius 1 is 1.26 bits per heavy atom. The number of aryl methyl sites for hydroxylation is 1. The Bertz CT molecular complexity index is 371. The van der Waals surface area contributed by atoms with Crippen molar-refractivity contribution in [2.24, 2.45) is 5.92 Å². The SMILES string of the molecule is CCc1cccc(OCC(NC)C2CCCCC2)c1. The maximum absolute atomic E-state index is 5.99. The lowest BCUT2D eigenvalue weighted by Gasteiger charge is -2.30. The number of rotatable bonds is 6. The molecule has 0 aliphatic heterocycles. The molecule has 1 aromatic rings. The molecule has 1 aromatic carbocycles. The number of benzene rings is 1. The number of hydrogen-bond donors (Lipinski definition) is 1. The summed E-state index contributed by atoms with van der Waals surface area (Å²) in [5.41, 5.74) is 1.34. The van der Waals surface area contributed by atoms with Gasteiger partial charge in [-0.3, -0.25) is 0 Å². The molecule has 2 heteroatoms. The molecular weight excluding hydrogens is 234 g/mol. The highest BCUT2D eigenvalue weighted by molar-refractivity contribution is 5.28. The molecule has 0 radical (unpaired) electrons. The van der Waals surface area contributed by atoms with Gasteiger partial charge in [0.05, 0.1) is 0 Å². The van der Waals surface area contributed by atoms with Crippen LogP contribution in [-0.2, 0) is 6.42 Å². The van der Waals surface area contributed by atoms with Crippen LogP contribution in [0.2, 0.25) is 0 Å². The summed E-state index contributed by atoms with van der Waals surface area (Å²) in [5.74, 6) is 1.79. The van der Waals surface area contributed by atoms with E-state index in [4.69, 9.17) is 4.74 Å². The van der Waals surface area contributed by atoms with Gasteiger partial charge in [-0.05, 0) is 49.9 Å². The minimum absolute atomic E-state index is 0.491. The van der Waals surface area contributed by atoms with Gasteiger partial charge in [0, 0.05) is 6.04 Å². The van der Waals surface area contributed by atoms with E-state index in [1.807, 2.05) is 0 Å². The molecule has 1 saturated carbocycles. The molecule has 2 rings (SSSR count). The lowest BCUT2D eigenvalue weighted by atomic mass is 9.84. The first kappa shape index (κ1) is 14.4. The van der Waals surface area contributed by atoms with Gasteiger partial charge in [0.15, 0.2) is 0 Å². The van der Waals surface area contributed by atoms with Crippen molar-refractivity contribution in [2.75, 3.05) is 13.7 Å². The molecule has 1 aliphatic carbocycles. The van der Waals surface area contributed by atoms with Crippen LogP contribution in [0.4, 0.5) is 0 Å². The normalized spacial score (nSPS) is 18.2. The van der Waals surface area contributed by atoms with E-state index >= 15 is 0 Å². The van der Waals surface area contributed by atoms with Crippen molar-refractivity contribution in [3.63, 3.8) is 0 Å². The first-order chi connectivity index (χ1) is 9.33. The largest absolute Gasteiger partial charge is 0.492 e. The average molecular weight is 261 g/mol. The van der Waals surface area contributed by atoms with Crippen LogP contribution in [0.5, 0.6) is 5.75 Å². The molecule has 0 spiro atoms. The molecule has 19 heavy (non-hydrogen) atoms. The zero-order chi connectivity index (χ0) is 13.5. The Morgan fingerprint density at radius 3 is 2.74 bits per heavy atom. The summed E-state index contributed by atoms with van der Waals surface area (Å²) in [4.78, 5) is 0. The van der Waals surface area contributed by atoms with Gasteiger partial charge >= 0.3 is 0 Å². The van der Waals surface area contributed by atoms with Crippen molar-refractivity contribution in [3.05, 3.63) is 29.8 Å². The smallest absolute Gasteiger partial charge is 0.119 e. The number of ether oxygens (including phenoxy) is 1. The molecule has 106 valence electrons. The Morgan fingerprint density at radius 2 is 2.05 bits per heavy atom. The molecule has 1 N–H and O–H groups in total. The van der Waals surface area contributed by atoms with Crippen molar-refractivity contribution < 1.29 is 4.74 Å². The van der Waals surface area contributed by atoms with Gasteiger partial charge < -0.3 is 10.1 Å². The third-order valence-corrected chi connectivity index (χ3v) is 4.33. The quantitative estimate of drug-likeness (QED) is 0.841. The van der Waals surface area contributed by atoms with Crippen LogP contribution < -0.4 is 10.1 Å². The van der Waals surface area contributed by atoms with E-state index in [1.54, 1.807) is 0 Å². The minimum Gasteiger partial charge on any atom is -0.492 e. The van der Waals surface area contributed by atoms with Crippen LogP contribution in [0.25, 0.3) is 0 Å². The fourth-order valence-corrected chi connectivity index (χ4v) is 3.03. The molecule has 0 aromatic heterocycles. The number of hydrogen-bond acceptors (Lipinski definition) is 2. The predicted molar refractivity (Wildman–Crippen MR) is 80.7 cm³/mol. The van der Waals surface area contributed by atoms with Crippen molar-refractivity contribution in [2.45, 2.75) is 51.5 Å². The van der Waals surface area contributed by atoms with E-state index in [2.05, 4.69) is 43.6 Å². The second-order valence-electron chi connectivity index (χ2n) is 5.61. The highest BCUT2D eigenvalue weighted by Crippen LogP contribution is 2.27. The zero-order valence-electron chi connectivity index (χ0n) is 12.3. The van der Waals surface area contributed by atoms with Gasteiger partial charge in [-0.2, -0.15) is 0 Å². The van der Waals surface area contributed by atoms with E-state index in [-0.39, 0.29) is 0 Å². The summed E-state index contributed by atoms with van der Waals surface area (Å²) in [6.07, 6.45) is 7.94. The highest BCUT2D eigenvalue weighted by Gasteiger charge is 2.22. The number of likely N-dealkylation sites (N-methyl/N-ethyl adjacent to an activating group) is 1. The monoisotopic (exact) mass is 261 g/mol. The van der Waals surface area contributed by atoms with Crippen molar-refractivity contribution in [1.82, 2.24) is 5.32 Å². The van der Waals surface area contributed by atoms with Crippen LogP contribution in [-0.4, -0.2) is 19.7 Å². The Labute approximate surface area is 117 Å². The highest BCUT2D eigenvalue weighted by atomic mass is 16.5. The van der Waals surface area contributed by atoms with Gasteiger partial charge in [0.1, 0.15) is 12.4 Å². The summed E-state index contributed by atoms with van der Waals surface area (Å²) < 4.78 is 5.99. The second kappa shape index (κ2) is 7.54. The average Bonchev–Trinajstić information content (AvgIpc) is 2.49. The van der Waals surface area contributed by atoms with Crippen molar-refractivity contribution in [3.8, 4) is 5.75 Å². The summed E-state index contributed by atoms with van der Waals surface area (Å²) in [7, 11) is 2.06. The van der Waals surface area contributed by atoms with Gasteiger partial charge in [-0.15, -0.1) is 0 Å². The van der Waals surface area contributed by atoms with Crippen LogP contribution in [0, 0.1) is 5.92 Å². The molecule has 0 amide bonds. The first-order valence-electron chi connectivity index (χ1n) is 7.72. The van der Waals surface area contributed by atoms with Gasteiger partial charge in [-0.1, -0.05) is 38.3 Å². The maximum Gasteiger partial charge on any atom is 0.119 e. The fourth-order valence-electron chi connectivity index (χ4n) is 3.03. The summed E-state index contributed by atoms with van der Waals surface area (Å²) in [6, 6.07) is 8.96. The molecular formula is C17H27NO. The Kier molecular flexibility index (Phi) is 5.71. The lowest BCUT2D eigenvalue weighted by Crippen LogP contribution is -2.39. The summed E-state index contributed by atoms with van der Waals surface area (Å²) in [5, 5.41) is 3.45. The van der Waals surface area contributed by atoms with Crippen LogP contribution >= 0.6 is 0 Å². The minimum atomic E-state index is 0.491. The molecule has 1 fully saturated rings. The van der Waals surface area contributed by atoms with Gasteiger partial charge in [0.25, 0.3) is 0 Å². The fraction of sp³-hybridized carbons (Fsp3) is 0.647. The Hall–Kier alpha value is -1.02.